The van der Waals surface area contributed by atoms with E-state index in [1.165, 1.54) is 47.1 Å². The van der Waals surface area contributed by atoms with Crippen LogP contribution in [0.5, 0.6) is 0 Å². The number of carbonyl (C=O) groups excluding carboxylic acids is 3. The Morgan fingerprint density at radius 1 is 1.23 bits per heavy atom. The number of aromatic amines is 1. The standard InChI is InChI=1S/C28H34N6O5/c1-33(2)24(35)12-5-4-9-21(31-28(38)39-3)26(36)30-22-11-7-15-34(27(22)37)17-23-29-20-10-6-8-19(25(20)32-23)16-18-13-14-18/h5-8,10-12,15,18,21H,4,9,13-14,16-17H2,1-3H3,(H,29,32)(H,30,36)(H,31,38). The van der Waals surface area contributed by atoms with Crippen LogP contribution in [-0.2, 0) is 27.3 Å². The fourth-order valence-corrected chi connectivity index (χ4v) is 4.22. The molecule has 0 aliphatic heterocycles. The molecule has 3 aromatic rings. The Morgan fingerprint density at radius 2 is 2.03 bits per heavy atom. The second kappa shape index (κ2) is 12.4. The lowest BCUT2D eigenvalue weighted by Gasteiger charge is -2.17. The molecule has 2 heterocycles. The molecule has 4 rings (SSSR count). The lowest BCUT2D eigenvalue weighted by Crippen LogP contribution is -2.44. The minimum atomic E-state index is -0.982. The number of para-hydroxylation sites is 1. The van der Waals surface area contributed by atoms with Gasteiger partial charge in [0.15, 0.2) is 0 Å². The molecule has 1 fully saturated rings. The van der Waals surface area contributed by atoms with Crippen LogP contribution in [0.25, 0.3) is 11.0 Å². The summed E-state index contributed by atoms with van der Waals surface area (Å²) in [5.41, 5.74) is 2.73. The lowest BCUT2D eigenvalue weighted by atomic mass is 10.1. The van der Waals surface area contributed by atoms with Crippen molar-refractivity contribution in [1.82, 2.24) is 24.8 Å². The highest BCUT2D eigenvalue weighted by molar-refractivity contribution is 5.96. The van der Waals surface area contributed by atoms with Crippen molar-refractivity contribution < 1.29 is 19.1 Å². The molecule has 2 aromatic heterocycles. The van der Waals surface area contributed by atoms with Crippen LogP contribution in [-0.4, -0.2) is 64.6 Å². The number of nitrogens with one attached hydrogen (secondary N) is 3. The van der Waals surface area contributed by atoms with Crippen LogP contribution < -0.4 is 16.2 Å². The van der Waals surface area contributed by atoms with Crippen LogP contribution in [0.2, 0.25) is 0 Å². The van der Waals surface area contributed by atoms with Crippen molar-refractivity contribution in [2.75, 3.05) is 26.5 Å². The smallest absolute Gasteiger partial charge is 0.407 e. The van der Waals surface area contributed by atoms with Crippen LogP contribution >= 0.6 is 0 Å². The molecule has 11 nitrogen and oxygen atoms in total. The van der Waals surface area contributed by atoms with E-state index in [4.69, 9.17) is 4.98 Å². The number of anilines is 1. The fraction of sp³-hybridized carbons (Fsp3) is 0.393. The number of imidazole rings is 1. The molecule has 0 spiro atoms. The van der Waals surface area contributed by atoms with Gasteiger partial charge in [-0.2, -0.15) is 0 Å². The van der Waals surface area contributed by atoms with Gasteiger partial charge in [0.25, 0.3) is 5.56 Å². The van der Waals surface area contributed by atoms with E-state index in [2.05, 4.69) is 26.4 Å². The van der Waals surface area contributed by atoms with E-state index in [0.29, 0.717) is 12.2 Å². The number of H-pyrrole nitrogens is 1. The van der Waals surface area contributed by atoms with E-state index in [0.717, 1.165) is 23.4 Å². The Labute approximate surface area is 226 Å². The second-order valence-electron chi connectivity index (χ2n) is 9.89. The van der Waals surface area contributed by atoms with Crippen LogP contribution in [0.3, 0.4) is 0 Å². The van der Waals surface area contributed by atoms with Gasteiger partial charge in [-0.15, -0.1) is 0 Å². The van der Waals surface area contributed by atoms with Crippen molar-refractivity contribution in [2.24, 2.45) is 5.92 Å². The number of hydrogen-bond donors (Lipinski definition) is 3. The maximum Gasteiger partial charge on any atom is 0.407 e. The molecule has 206 valence electrons. The summed E-state index contributed by atoms with van der Waals surface area (Å²) >= 11 is 0. The third-order valence-electron chi connectivity index (χ3n) is 6.57. The predicted octanol–water partition coefficient (Wildman–Crippen LogP) is 2.81. The number of aromatic nitrogens is 3. The zero-order valence-corrected chi connectivity index (χ0v) is 22.4. The summed E-state index contributed by atoms with van der Waals surface area (Å²) in [4.78, 5) is 59.2. The Bertz CT molecular complexity index is 1440. The summed E-state index contributed by atoms with van der Waals surface area (Å²) in [6, 6.07) is 8.28. The number of methoxy groups -OCH3 is 1. The average Bonchev–Trinajstić information content (AvgIpc) is 3.63. The molecule has 0 bridgehead atoms. The molecule has 3 N–H and O–H groups in total. The number of fused-ring (bicyclic) bond motifs is 1. The van der Waals surface area contributed by atoms with Crippen LogP contribution in [0.15, 0.2) is 53.5 Å². The van der Waals surface area contributed by atoms with Gasteiger partial charge in [-0.05, 0) is 67.9 Å². The minimum absolute atomic E-state index is 0.0722. The largest absolute Gasteiger partial charge is 0.453 e. The molecule has 11 heteroatoms. The van der Waals surface area contributed by atoms with Gasteiger partial charge in [-0.1, -0.05) is 18.2 Å². The molecule has 0 saturated heterocycles. The number of ether oxygens (including phenoxy) is 1. The zero-order chi connectivity index (χ0) is 27.9. The molecule has 1 aliphatic carbocycles. The Balaban J connectivity index is 1.46. The molecule has 0 radical (unpaired) electrons. The lowest BCUT2D eigenvalue weighted by molar-refractivity contribution is -0.123. The molecular weight excluding hydrogens is 500 g/mol. The number of likely N-dealkylation sites (N-methyl/N-ethyl adjacent to an activating group) is 1. The molecule has 1 aromatic carbocycles. The number of hydrogen-bond acceptors (Lipinski definition) is 6. The maximum absolute atomic E-state index is 13.2. The van der Waals surface area contributed by atoms with Crippen molar-refractivity contribution in [3.63, 3.8) is 0 Å². The van der Waals surface area contributed by atoms with Gasteiger partial charge in [-0.25, -0.2) is 9.78 Å². The maximum atomic E-state index is 13.2. The van der Waals surface area contributed by atoms with E-state index in [-0.39, 0.29) is 24.6 Å². The van der Waals surface area contributed by atoms with E-state index in [1.807, 2.05) is 12.1 Å². The Morgan fingerprint density at radius 3 is 2.74 bits per heavy atom. The average molecular weight is 535 g/mol. The highest BCUT2D eigenvalue weighted by Crippen LogP contribution is 2.34. The third kappa shape index (κ3) is 7.34. The fourth-order valence-electron chi connectivity index (χ4n) is 4.22. The highest BCUT2D eigenvalue weighted by atomic mass is 16.5. The SMILES string of the molecule is COC(=O)NC(CCC=CC(=O)N(C)C)C(=O)Nc1cccn(Cc2nc3c(CC4CC4)cccc3[nH]2)c1=O. The third-order valence-corrected chi connectivity index (χ3v) is 6.57. The number of nitrogens with zero attached hydrogens (tertiary/aromatic N) is 3. The minimum Gasteiger partial charge on any atom is -0.453 e. The van der Waals surface area contributed by atoms with Gasteiger partial charge in [-0.3, -0.25) is 14.4 Å². The first-order valence-corrected chi connectivity index (χ1v) is 12.9. The topological polar surface area (TPSA) is 138 Å². The molecule has 3 amide bonds. The first-order chi connectivity index (χ1) is 18.7. The number of benzene rings is 1. The summed E-state index contributed by atoms with van der Waals surface area (Å²) in [7, 11) is 4.47. The molecule has 39 heavy (non-hydrogen) atoms. The van der Waals surface area contributed by atoms with Crippen molar-refractivity contribution in [3.05, 3.63) is 70.4 Å². The molecule has 1 unspecified atom stereocenters. The first kappa shape index (κ1) is 27.6. The molecular formula is C28H34N6O5. The summed E-state index contributed by atoms with van der Waals surface area (Å²) in [6.45, 7) is 0.203. The van der Waals surface area contributed by atoms with E-state index in [1.54, 1.807) is 32.4 Å². The number of amides is 3. The Kier molecular flexibility index (Phi) is 8.80. The summed E-state index contributed by atoms with van der Waals surface area (Å²) < 4.78 is 6.10. The zero-order valence-electron chi connectivity index (χ0n) is 22.4. The highest BCUT2D eigenvalue weighted by Gasteiger charge is 2.24. The summed E-state index contributed by atoms with van der Waals surface area (Å²) in [5, 5.41) is 5.11. The van der Waals surface area contributed by atoms with Crippen molar-refractivity contribution in [3.8, 4) is 0 Å². The van der Waals surface area contributed by atoms with Gasteiger partial charge in [0, 0.05) is 20.3 Å². The summed E-state index contributed by atoms with van der Waals surface area (Å²) in [6.07, 6.45) is 7.93. The number of rotatable bonds is 11. The quantitative estimate of drug-likeness (QED) is 0.324. The second-order valence-corrected chi connectivity index (χ2v) is 9.89. The van der Waals surface area contributed by atoms with Crippen molar-refractivity contribution in [1.29, 1.82) is 0 Å². The van der Waals surface area contributed by atoms with Crippen LogP contribution in [0, 0.1) is 5.92 Å². The summed E-state index contributed by atoms with van der Waals surface area (Å²) in [5.74, 6) is 0.609. The predicted molar refractivity (Wildman–Crippen MR) is 147 cm³/mol. The molecule has 1 saturated carbocycles. The monoisotopic (exact) mass is 534 g/mol. The normalized spacial score (nSPS) is 13.8. The van der Waals surface area contributed by atoms with Gasteiger partial charge >= 0.3 is 6.09 Å². The van der Waals surface area contributed by atoms with Crippen molar-refractivity contribution >= 4 is 34.6 Å². The number of carbonyl (C=O) groups is 3. The van der Waals surface area contributed by atoms with E-state index in [9.17, 15) is 19.2 Å². The van der Waals surface area contributed by atoms with Crippen molar-refractivity contribution in [2.45, 2.75) is 44.7 Å². The van der Waals surface area contributed by atoms with Gasteiger partial charge < -0.3 is 29.8 Å². The van der Waals surface area contributed by atoms with E-state index >= 15 is 0 Å². The van der Waals surface area contributed by atoms with Gasteiger partial charge in [0.2, 0.25) is 11.8 Å². The number of allylic oxidation sites excluding steroid dienone is 1. The number of alkyl carbamates (subject to hydrolysis) is 1. The Hall–Kier alpha value is -4.41. The van der Waals surface area contributed by atoms with Gasteiger partial charge in [0.1, 0.15) is 17.6 Å². The van der Waals surface area contributed by atoms with Crippen LogP contribution in [0.1, 0.15) is 37.1 Å². The molecule has 1 atom stereocenters. The van der Waals surface area contributed by atoms with E-state index < -0.39 is 23.6 Å². The van der Waals surface area contributed by atoms with Crippen LogP contribution in [0.4, 0.5) is 10.5 Å². The van der Waals surface area contributed by atoms with Gasteiger partial charge in [0.05, 0.1) is 24.7 Å². The first-order valence-electron chi connectivity index (χ1n) is 12.9. The number of pyridine rings is 1. The molecule has 1 aliphatic rings.